The van der Waals surface area contributed by atoms with Crippen LogP contribution in [0, 0.1) is 17.9 Å². The predicted molar refractivity (Wildman–Crippen MR) is 48.5 cm³/mol. The molecular formula is C9H10F2N3O2. The Morgan fingerprint density at radius 2 is 2.12 bits per heavy atom. The van der Waals surface area contributed by atoms with E-state index in [4.69, 9.17) is 5.26 Å². The molecule has 0 heterocycles. The van der Waals surface area contributed by atoms with Crippen LogP contribution in [0.2, 0.25) is 0 Å². The van der Waals surface area contributed by atoms with Gasteiger partial charge in [0.1, 0.15) is 0 Å². The Bertz CT molecular complexity index is 347. The van der Waals surface area contributed by atoms with Gasteiger partial charge in [0.05, 0.1) is 6.42 Å². The summed E-state index contributed by atoms with van der Waals surface area (Å²) in [5, 5.41) is 8.60. The van der Waals surface area contributed by atoms with E-state index in [0.29, 0.717) is 19.3 Å². The second-order valence-electron chi connectivity index (χ2n) is 3.52. The second kappa shape index (κ2) is 4.43. The van der Waals surface area contributed by atoms with Crippen LogP contribution in [0.15, 0.2) is 0 Å². The molecule has 5 nitrogen and oxygen atoms in total. The lowest BCUT2D eigenvalue weighted by Crippen LogP contribution is -2.37. The predicted octanol–water partition coefficient (Wildman–Crippen LogP) is 0.173. The summed E-state index contributed by atoms with van der Waals surface area (Å²) in [5.74, 6) is -6.35. The minimum absolute atomic E-state index is 0.184. The molecule has 1 saturated carbocycles. The van der Waals surface area contributed by atoms with Crippen molar-refractivity contribution >= 4 is 11.8 Å². The van der Waals surface area contributed by atoms with E-state index in [1.807, 2.05) is 0 Å². The number of halogens is 2. The Hall–Kier alpha value is -1.71. The highest BCUT2D eigenvalue weighted by atomic mass is 19.3. The average molecular weight is 230 g/mol. The van der Waals surface area contributed by atoms with Gasteiger partial charge in [-0.1, -0.05) is 0 Å². The van der Waals surface area contributed by atoms with E-state index >= 15 is 0 Å². The van der Waals surface area contributed by atoms with E-state index in [1.54, 1.807) is 6.19 Å². The highest BCUT2D eigenvalue weighted by molar-refractivity contribution is 5.88. The molecule has 7 heteroatoms. The third kappa shape index (κ3) is 2.89. The first-order valence-electron chi connectivity index (χ1n) is 4.62. The number of nitriles is 1. The van der Waals surface area contributed by atoms with Gasteiger partial charge in [0, 0.05) is 12.5 Å². The lowest BCUT2D eigenvalue weighted by molar-refractivity contribution is -0.142. The van der Waals surface area contributed by atoms with Crippen molar-refractivity contribution in [3.8, 4) is 6.19 Å². The lowest BCUT2D eigenvalue weighted by atomic mass is 10.1. The Morgan fingerprint density at radius 3 is 2.50 bits per heavy atom. The fraction of sp³-hybridized carbons (Fsp3) is 0.556. The first-order chi connectivity index (χ1) is 7.38. The Labute approximate surface area is 90.8 Å². The highest BCUT2D eigenvalue weighted by Gasteiger charge is 2.39. The van der Waals surface area contributed by atoms with Crippen molar-refractivity contribution in [3.05, 3.63) is 6.42 Å². The van der Waals surface area contributed by atoms with E-state index in [1.165, 1.54) is 0 Å². The SMILES string of the molecule is N#CN(C(=O)[CH]CC(F)(F)C(N)=O)C1CC1. The van der Waals surface area contributed by atoms with Crippen molar-refractivity contribution in [1.82, 2.24) is 4.90 Å². The number of hydrogen-bond donors (Lipinski definition) is 1. The average Bonchev–Trinajstić information content (AvgIpc) is 3.00. The highest BCUT2D eigenvalue weighted by Crippen LogP contribution is 2.27. The maximum atomic E-state index is 12.7. The molecule has 2 N–H and O–H groups in total. The van der Waals surface area contributed by atoms with Crippen LogP contribution in [-0.4, -0.2) is 28.7 Å². The van der Waals surface area contributed by atoms with Gasteiger partial charge in [-0.25, -0.2) is 4.90 Å². The van der Waals surface area contributed by atoms with Crippen molar-refractivity contribution < 1.29 is 18.4 Å². The maximum absolute atomic E-state index is 12.7. The molecule has 0 aromatic rings. The van der Waals surface area contributed by atoms with Crippen molar-refractivity contribution in [2.24, 2.45) is 5.73 Å². The summed E-state index contributed by atoms with van der Waals surface area (Å²) >= 11 is 0. The van der Waals surface area contributed by atoms with Gasteiger partial charge in [-0.2, -0.15) is 14.0 Å². The number of hydrogen-bond acceptors (Lipinski definition) is 3. The molecule has 0 saturated heterocycles. The molecule has 87 valence electrons. The number of nitrogens with two attached hydrogens (primary N) is 1. The van der Waals surface area contributed by atoms with Gasteiger partial charge < -0.3 is 5.73 Å². The molecule has 0 aromatic heterocycles. The van der Waals surface area contributed by atoms with Gasteiger partial charge in [0.25, 0.3) is 5.91 Å². The maximum Gasteiger partial charge on any atom is 0.325 e. The van der Waals surface area contributed by atoms with Gasteiger partial charge in [0.15, 0.2) is 6.19 Å². The van der Waals surface area contributed by atoms with Crippen LogP contribution in [0.25, 0.3) is 0 Å². The number of carbonyl (C=O) groups excluding carboxylic acids is 2. The number of rotatable bonds is 5. The minimum atomic E-state index is -3.75. The first kappa shape index (κ1) is 12.4. The molecule has 1 radical (unpaired) electrons. The molecule has 0 unspecified atom stereocenters. The van der Waals surface area contributed by atoms with Gasteiger partial charge in [-0.3, -0.25) is 9.59 Å². The van der Waals surface area contributed by atoms with Crippen LogP contribution in [0.1, 0.15) is 19.3 Å². The van der Waals surface area contributed by atoms with Gasteiger partial charge >= 0.3 is 5.92 Å². The summed E-state index contributed by atoms with van der Waals surface area (Å²) < 4.78 is 25.5. The molecule has 1 aliphatic rings. The quantitative estimate of drug-likeness (QED) is 0.539. The van der Waals surface area contributed by atoms with E-state index in [2.05, 4.69) is 5.73 Å². The lowest BCUT2D eigenvalue weighted by Gasteiger charge is -2.14. The zero-order chi connectivity index (χ0) is 12.3. The number of carbonyl (C=O) groups is 2. The van der Waals surface area contributed by atoms with Gasteiger partial charge in [-0.05, 0) is 12.8 Å². The van der Waals surface area contributed by atoms with E-state index in [-0.39, 0.29) is 6.04 Å². The number of primary amides is 1. The molecule has 1 rings (SSSR count). The van der Waals surface area contributed by atoms with E-state index in [9.17, 15) is 18.4 Å². The fourth-order valence-corrected chi connectivity index (χ4v) is 1.06. The largest absolute Gasteiger partial charge is 0.364 e. The van der Waals surface area contributed by atoms with Crippen LogP contribution in [0.5, 0.6) is 0 Å². The first-order valence-corrected chi connectivity index (χ1v) is 4.62. The summed E-state index contributed by atoms with van der Waals surface area (Å²) in [6, 6.07) is -0.184. The summed E-state index contributed by atoms with van der Waals surface area (Å²) in [6.45, 7) is 0. The normalized spacial score (nSPS) is 15.3. The third-order valence-electron chi connectivity index (χ3n) is 2.15. The molecule has 1 fully saturated rings. The van der Waals surface area contributed by atoms with Crippen LogP contribution >= 0.6 is 0 Å². The van der Waals surface area contributed by atoms with Crippen LogP contribution in [-0.2, 0) is 9.59 Å². The van der Waals surface area contributed by atoms with Crippen LogP contribution in [0.4, 0.5) is 8.78 Å². The Kier molecular flexibility index (Phi) is 3.42. The third-order valence-corrected chi connectivity index (χ3v) is 2.15. The molecular weight excluding hydrogens is 220 g/mol. The monoisotopic (exact) mass is 230 g/mol. The molecule has 0 aliphatic heterocycles. The molecule has 1 aliphatic carbocycles. The zero-order valence-electron chi connectivity index (χ0n) is 8.32. The van der Waals surface area contributed by atoms with Crippen molar-refractivity contribution in [1.29, 1.82) is 5.26 Å². The zero-order valence-corrected chi connectivity index (χ0v) is 8.32. The standard InChI is InChI=1S/C9H10F2N3O2/c10-9(11,8(13)16)4-3-7(15)14(5-12)6-1-2-6/h3,6H,1-2,4H2,(H2,13,16). The van der Waals surface area contributed by atoms with Crippen molar-refractivity contribution in [3.63, 3.8) is 0 Å². The molecule has 0 bridgehead atoms. The van der Waals surface area contributed by atoms with Crippen molar-refractivity contribution in [2.75, 3.05) is 0 Å². The summed E-state index contributed by atoms with van der Waals surface area (Å²) in [4.78, 5) is 22.4. The Balaban J connectivity index is 2.46. The molecule has 0 spiro atoms. The molecule has 16 heavy (non-hydrogen) atoms. The smallest absolute Gasteiger partial charge is 0.325 e. The van der Waals surface area contributed by atoms with Crippen LogP contribution < -0.4 is 5.73 Å². The van der Waals surface area contributed by atoms with E-state index < -0.39 is 24.2 Å². The number of nitrogens with zero attached hydrogens (tertiary/aromatic N) is 2. The topological polar surface area (TPSA) is 87.2 Å². The van der Waals surface area contributed by atoms with Crippen molar-refractivity contribution in [2.45, 2.75) is 31.2 Å². The summed E-state index contributed by atoms with van der Waals surface area (Å²) in [5.41, 5.74) is 4.44. The number of amides is 2. The molecule has 0 atom stereocenters. The summed E-state index contributed by atoms with van der Waals surface area (Å²) in [6.07, 6.45) is 2.55. The minimum Gasteiger partial charge on any atom is -0.364 e. The van der Waals surface area contributed by atoms with Gasteiger partial charge in [0.2, 0.25) is 5.91 Å². The fourth-order valence-electron chi connectivity index (χ4n) is 1.06. The van der Waals surface area contributed by atoms with E-state index in [0.717, 1.165) is 4.90 Å². The Morgan fingerprint density at radius 1 is 1.56 bits per heavy atom. The van der Waals surface area contributed by atoms with Crippen LogP contribution in [0.3, 0.4) is 0 Å². The number of alkyl halides is 2. The second-order valence-corrected chi connectivity index (χ2v) is 3.52. The molecule has 0 aromatic carbocycles. The van der Waals surface area contributed by atoms with Gasteiger partial charge in [-0.15, -0.1) is 0 Å². The molecule has 2 amide bonds. The summed E-state index contributed by atoms with van der Waals surface area (Å²) in [7, 11) is 0.